The average molecular weight is 404 g/mol. The Kier molecular flexibility index (Phi) is 7.10. The highest BCUT2D eigenvalue weighted by Gasteiger charge is 2.15. The van der Waals surface area contributed by atoms with Gasteiger partial charge >= 0.3 is 0 Å². The summed E-state index contributed by atoms with van der Waals surface area (Å²) >= 11 is 1.22. The number of methoxy groups -OCH3 is 1. The second-order valence-corrected chi connectivity index (χ2v) is 6.54. The van der Waals surface area contributed by atoms with Crippen molar-refractivity contribution in [2.24, 2.45) is 10.7 Å². The van der Waals surface area contributed by atoms with E-state index < -0.39 is 0 Å². The van der Waals surface area contributed by atoms with Gasteiger partial charge in [0.2, 0.25) is 5.88 Å². The molecule has 28 heavy (non-hydrogen) atoms. The summed E-state index contributed by atoms with van der Waals surface area (Å²) in [5, 5.41) is 0. The monoisotopic (exact) mass is 404 g/mol. The van der Waals surface area contributed by atoms with Gasteiger partial charge in [-0.2, -0.15) is 0 Å². The van der Waals surface area contributed by atoms with Gasteiger partial charge in [-0.3, -0.25) is 4.99 Å². The number of nitrogens with zero attached hydrogens (tertiary/aromatic N) is 2. The second kappa shape index (κ2) is 9.95. The first-order valence-corrected chi connectivity index (χ1v) is 9.43. The SMILES string of the molecule is COCCOc1ccc(F)cc1SNc1cnc2c(c1)C(C=CN)=NCCO2. The number of nitrogens with two attached hydrogens (primary N) is 1. The summed E-state index contributed by atoms with van der Waals surface area (Å²) in [6.07, 6.45) is 4.78. The van der Waals surface area contributed by atoms with Crippen LogP contribution in [0.5, 0.6) is 11.6 Å². The summed E-state index contributed by atoms with van der Waals surface area (Å²) < 4.78 is 33.1. The number of allylic oxidation sites excluding steroid dienone is 1. The molecule has 1 aliphatic rings. The van der Waals surface area contributed by atoms with Crippen molar-refractivity contribution in [3.63, 3.8) is 0 Å². The first-order valence-electron chi connectivity index (χ1n) is 8.61. The Hall–Kier alpha value is -2.78. The largest absolute Gasteiger partial charge is 0.490 e. The van der Waals surface area contributed by atoms with Crippen LogP contribution in [0.25, 0.3) is 0 Å². The molecular formula is C19H21FN4O3S. The summed E-state index contributed by atoms with van der Waals surface area (Å²) in [6, 6.07) is 6.22. The standard InChI is InChI=1S/C19H21FN4O3S/c1-25-8-9-26-17-3-2-13(20)10-18(17)28-24-14-11-15-16(4-5-21)22-6-7-27-19(15)23-12-14/h2-5,10-12,24H,6-9,21H2,1H3. The van der Waals surface area contributed by atoms with E-state index in [1.165, 1.54) is 30.3 Å². The molecule has 0 amide bonds. The van der Waals surface area contributed by atoms with Gasteiger partial charge in [-0.05, 0) is 48.5 Å². The van der Waals surface area contributed by atoms with Crippen molar-refractivity contribution >= 4 is 23.3 Å². The smallest absolute Gasteiger partial charge is 0.223 e. The number of benzene rings is 1. The van der Waals surface area contributed by atoms with E-state index in [0.717, 1.165) is 5.56 Å². The Morgan fingerprint density at radius 2 is 2.25 bits per heavy atom. The third kappa shape index (κ3) is 5.14. The molecule has 9 heteroatoms. The van der Waals surface area contributed by atoms with Crippen molar-refractivity contribution in [3.8, 4) is 11.6 Å². The molecule has 0 unspecified atom stereocenters. The zero-order valence-electron chi connectivity index (χ0n) is 15.4. The second-order valence-electron chi connectivity index (χ2n) is 5.69. The maximum atomic E-state index is 13.7. The van der Waals surface area contributed by atoms with E-state index in [1.54, 1.807) is 25.4 Å². The van der Waals surface area contributed by atoms with Gasteiger partial charge in [0, 0.05) is 7.11 Å². The first kappa shape index (κ1) is 20.0. The van der Waals surface area contributed by atoms with E-state index >= 15 is 0 Å². The summed E-state index contributed by atoms with van der Waals surface area (Å²) in [4.78, 5) is 9.41. The molecule has 2 heterocycles. The maximum Gasteiger partial charge on any atom is 0.223 e. The molecule has 0 saturated carbocycles. The van der Waals surface area contributed by atoms with Gasteiger partial charge in [-0.15, -0.1) is 0 Å². The summed E-state index contributed by atoms with van der Waals surface area (Å²) in [5.41, 5.74) is 7.66. The lowest BCUT2D eigenvalue weighted by Gasteiger charge is -2.13. The lowest BCUT2D eigenvalue weighted by atomic mass is 10.1. The molecule has 0 saturated heterocycles. The highest BCUT2D eigenvalue weighted by molar-refractivity contribution is 8.00. The van der Waals surface area contributed by atoms with E-state index in [0.29, 0.717) is 54.3 Å². The third-order valence-electron chi connectivity index (χ3n) is 3.72. The molecule has 1 aromatic carbocycles. The number of hydrogen-bond donors (Lipinski definition) is 2. The molecule has 2 aromatic rings. The molecule has 0 fully saturated rings. The molecule has 0 aliphatic carbocycles. The van der Waals surface area contributed by atoms with Crippen molar-refractivity contribution in [1.29, 1.82) is 0 Å². The van der Waals surface area contributed by atoms with E-state index in [2.05, 4.69) is 14.7 Å². The number of anilines is 1. The number of aromatic nitrogens is 1. The normalized spacial score (nSPS) is 13.4. The van der Waals surface area contributed by atoms with Crippen molar-refractivity contribution in [3.05, 3.63) is 54.1 Å². The summed E-state index contributed by atoms with van der Waals surface area (Å²) in [6.45, 7) is 1.80. The number of ether oxygens (including phenoxy) is 3. The van der Waals surface area contributed by atoms with Crippen LogP contribution in [-0.2, 0) is 4.74 Å². The number of halogens is 1. The molecule has 148 valence electrons. The lowest BCUT2D eigenvalue weighted by molar-refractivity contribution is 0.144. The molecular weight excluding hydrogens is 383 g/mol. The van der Waals surface area contributed by atoms with Gasteiger partial charge in [-0.1, -0.05) is 0 Å². The number of pyridine rings is 1. The molecule has 0 spiro atoms. The fourth-order valence-corrected chi connectivity index (χ4v) is 3.20. The van der Waals surface area contributed by atoms with Gasteiger partial charge in [-0.25, -0.2) is 9.37 Å². The predicted octanol–water partition coefficient (Wildman–Crippen LogP) is 3.02. The number of fused-ring (bicyclic) bond motifs is 1. The van der Waals surface area contributed by atoms with E-state index in [4.69, 9.17) is 19.9 Å². The van der Waals surface area contributed by atoms with Crippen LogP contribution in [0.3, 0.4) is 0 Å². The molecule has 1 aliphatic heterocycles. The minimum absolute atomic E-state index is 0.348. The van der Waals surface area contributed by atoms with Crippen LogP contribution in [0.2, 0.25) is 0 Å². The minimum atomic E-state index is -0.348. The van der Waals surface area contributed by atoms with Gasteiger partial charge in [0.15, 0.2) is 0 Å². The minimum Gasteiger partial charge on any atom is -0.490 e. The number of rotatable bonds is 8. The van der Waals surface area contributed by atoms with Crippen molar-refractivity contribution in [1.82, 2.24) is 4.98 Å². The Bertz CT molecular complexity index is 876. The fraction of sp³-hybridized carbons (Fsp3) is 0.263. The van der Waals surface area contributed by atoms with Gasteiger partial charge in [0.05, 0.1) is 41.2 Å². The van der Waals surface area contributed by atoms with Gasteiger partial charge in [0.1, 0.15) is 24.8 Å². The quantitative estimate of drug-likeness (QED) is 0.516. The summed E-state index contributed by atoms with van der Waals surface area (Å²) in [7, 11) is 1.59. The Balaban J connectivity index is 1.77. The third-order valence-corrected chi connectivity index (χ3v) is 4.60. The number of aliphatic imine (C=N–C) groups is 1. The zero-order chi connectivity index (χ0) is 19.8. The maximum absolute atomic E-state index is 13.7. The molecule has 0 atom stereocenters. The fourth-order valence-electron chi connectivity index (χ4n) is 2.46. The predicted molar refractivity (Wildman–Crippen MR) is 108 cm³/mol. The van der Waals surface area contributed by atoms with Crippen LogP contribution in [0.15, 0.2) is 52.6 Å². The average Bonchev–Trinajstić information content (AvgIpc) is 2.90. The molecule has 0 bridgehead atoms. The number of nitrogens with one attached hydrogen (secondary N) is 1. The van der Waals surface area contributed by atoms with Crippen molar-refractivity contribution in [2.75, 3.05) is 38.2 Å². The molecule has 7 nitrogen and oxygen atoms in total. The van der Waals surface area contributed by atoms with E-state index in [-0.39, 0.29) is 5.82 Å². The molecule has 0 radical (unpaired) electrons. The topological polar surface area (TPSA) is 91.0 Å². The summed E-state index contributed by atoms with van der Waals surface area (Å²) in [5.74, 6) is 0.717. The highest BCUT2D eigenvalue weighted by Crippen LogP contribution is 2.32. The van der Waals surface area contributed by atoms with Crippen LogP contribution in [-0.4, -0.2) is 44.2 Å². The Morgan fingerprint density at radius 1 is 1.36 bits per heavy atom. The van der Waals surface area contributed by atoms with E-state index in [9.17, 15) is 4.39 Å². The molecule has 1 aromatic heterocycles. The van der Waals surface area contributed by atoms with Crippen molar-refractivity contribution < 1.29 is 18.6 Å². The van der Waals surface area contributed by atoms with Crippen molar-refractivity contribution in [2.45, 2.75) is 4.90 Å². The van der Waals surface area contributed by atoms with Gasteiger partial charge < -0.3 is 24.7 Å². The first-order chi connectivity index (χ1) is 13.7. The number of hydrogen-bond acceptors (Lipinski definition) is 8. The zero-order valence-corrected chi connectivity index (χ0v) is 16.2. The Morgan fingerprint density at radius 3 is 3.07 bits per heavy atom. The molecule has 3 rings (SSSR count). The highest BCUT2D eigenvalue weighted by atomic mass is 32.2. The van der Waals surface area contributed by atoms with Gasteiger partial charge in [0.25, 0.3) is 0 Å². The molecule has 3 N–H and O–H groups in total. The van der Waals surface area contributed by atoms with Crippen LogP contribution in [0, 0.1) is 5.82 Å². The van der Waals surface area contributed by atoms with Crippen LogP contribution < -0.4 is 19.9 Å². The van der Waals surface area contributed by atoms with Crippen LogP contribution in [0.1, 0.15) is 5.56 Å². The van der Waals surface area contributed by atoms with Crippen LogP contribution in [0.4, 0.5) is 10.1 Å². The van der Waals surface area contributed by atoms with E-state index in [1.807, 2.05) is 6.07 Å². The Labute approximate surface area is 166 Å². The van der Waals surface area contributed by atoms with Crippen LogP contribution >= 0.6 is 11.9 Å². The lowest BCUT2D eigenvalue weighted by Crippen LogP contribution is -2.05.